The standard InChI is InChI=1S/C16H20BrFN2O2/c1-2-3-4-15(21)19-7-9-20(10-8-19)16(22)13-11-12(17)5-6-14(13)18/h5-6,11H,2-4,7-10H2,1H3. The molecule has 1 aromatic rings. The molecule has 1 aliphatic rings. The van der Waals surface area contributed by atoms with Crippen molar-refractivity contribution in [1.82, 2.24) is 9.80 Å². The van der Waals surface area contributed by atoms with Crippen molar-refractivity contribution in [3.8, 4) is 0 Å². The Balaban J connectivity index is 1.95. The van der Waals surface area contributed by atoms with E-state index in [-0.39, 0.29) is 17.4 Å². The fraction of sp³-hybridized carbons (Fsp3) is 0.500. The lowest BCUT2D eigenvalue weighted by Crippen LogP contribution is -2.50. The molecular weight excluding hydrogens is 351 g/mol. The molecule has 0 N–H and O–H groups in total. The Morgan fingerprint density at radius 3 is 2.45 bits per heavy atom. The number of hydrogen-bond acceptors (Lipinski definition) is 2. The molecule has 2 amide bonds. The van der Waals surface area contributed by atoms with Crippen molar-refractivity contribution in [2.45, 2.75) is 26.2 Å². The van der Waals surface area contributed by atoms with Gasteiger partial charge < -0.3 is 9.80 Å². The number of carbonyl (C=O) groups excluding carboxylic acids is 2. The Morgan fingerprint density at radius 2 is 1.82 bits per heavy atom. The highest BCUT2D eigenvalue weighted by Gasteiger charge is 2.26. The lowest BCUT2D eigenvalue weighted by molar-refractivity contribution is -0.132. The molecule has 1 fully saturated rings. The largest absolute Gasteiger partial charge is 0.339 e. The van der Waals surface area contributed by atoms with Gasteiger partial charge in [-0.3, -0.25) is 9.59 Å². The van der Waals surface area contributed by atoms with Crippen LogP contribution in [-0.2, 0) is 4.79 Å². The number of carbonyl (C=O) groups is 2. The molecule has 0 bridgehead atoms. The van der Waals surface area contributed by atoms with E-state index in [2.05, 4.69) is 22.9 Å². The van der Waals surface area contributed by atoms with Gasteiger partial charge in [-0.1, -0.05) is 29.3 Å². The van der Waals surface area contributed by atoms with Crippen molar-refractivity contribution in [2.24, 2.45) is 0 Å². The van der Waals surface area contributed by atoms with E-state index in [1.54, 1.807) is 15.9 Å². The van der Waals surface area contributed by atoms with E-state index < -0.39 is 5.82 Å². The second-order valence-corrected chi connectivity index (χ2v) is 6.32. The summed E-state index contributed by atoms with van der Waals surface area (Å²) in [7, 11) is 0. The van der Waals surface area contributed by atoms with Gasteiger partial charge in [0.15, 0.2) is 0 Å². The molecular formula is C16H20BrFN2O2. The smallest absolute Gasteiger partial charge is 0.256 e. The summed E-state index contributed by atoms with van der Waals surface area (Å²) in [5.41, 5.74) is 0.0696. The van der Waals surface area contributed by atoms with Gasteiger partial charge in [0.1, 0.15) is 5.82 Å². The number of benzene rings is 1. The Hall–Kier alpha value is -1.43. The maximum atomic E-state index is 13.8. The Labute approximate surface area is 138 Å². The highest BCUT2D eigenvalue weighted by molar-refractivity contribution is 9.10. The first-order valence-electron chi connectivity index (χ1n) is 7.55. The van der Waals surface area contributed by atoms with Crippen molar-refractivity contribution in [3.05, 3.63) is 34.1 Å². The number of hydrogen-bond donors (Lipinski definition) is 0. The second-order valence-electron chi connectivity index (χ2n) is 5.40. The van der Waals surface area contributed by atoms with E-state index >= 15 is 0 Å². The number of halogens is 2. The summed E-state index contributed by atoms with van der Waals surface area (Å²) >= 11 is 3.25. The first-order valence-corrected chi connectivity index (χ1v) is 8.34. The van der Waals surface area contributed by atoms with Crippen molar-refractivity contribution < 1.29 is 14.0 Å². The highest BCUT2D eigenvalue weighted by atomic mass is 79.9. The summed E-state index contributed by atoms with van der Waals surface area (Å²) < 4.78 is 14.5. The average molecular weight is 371 g/mol. The molecule has 2 rings (SSSR count). The number of piperazine rings is 1. The molecule has 0 atom stereocenters. The monoisotopic (exact) mass is 370 g/mol. The van der Waals surface area contributed by atoms with Crippen molar-refractivity contribution in [3.63, 3.8) is 0 Å². The summed E-state index contributed by atoms with van der Waals surface area (Å²) in [6, 6.07) is 4.34. The fourth-order valence-corrected chi connectivity index (χ4v) is 2.84. The van der Waals surface area contributed by atoms with Crippen LogP contribution in [0.5, 0.6) is 0 Å². The molecule has 4 nitrogen and oxygen atoms in total. The van der Waals surface area contributed by atoms with Gasteiger partial charge in [-0.2, -0.15) is 0 Å². The van der Waals surface area contributed by atoms with Crippen LogP contribution < -0.4 is 0 Å². The molecule has 120 valence electrons. The Kier molecular flexibility index (Phi) is 5.94. The van der Waals surface area contributed by atoms with Gasteiger partial charge in [0.2, 0.25) is 5.91 Å². The summed E-state index contributed by atoms with van der Waals surface area (Å²) in [6.07, 6.45) is 2.44. The van der Waals surface area contributed by atoms with Gasteiger partial charge in [-0.15, -0.1) is 0 Å². The lowest BCUT2D eigenvalue weighted by Gasteiger charge is -2.35. The van der Waals surface area contributed by atoms with Crippen LogP contribution in [0.25, 0.3) is 0 Å². The maximum Gasteiger partial charge on any atom is 0.256 e. The summed E-state index contributed by atoms with van der Waals surface area (Å²) in [5, 5.41) is 0. The van der Waals surface area contributed by atoms with Gasteiger partial charge in [-0.25, -0.2) is 4.39 Å². The van der Waals surface area contributed by atoms with Crippen molar-refractivity contribution in [1.29, 1.82) is 0 Å². The zero-order valence-electron chi connectivity index (χ0n) is 12.6. The van der Waals surface area contributed by atoms with Gasteiger partial charge >= 0.3 is 0 Å². The molecule has 6 heteroatoms. The van der Waals surface area contributed by atoms with Crippen LogP contribution in [0.15, 0.2) is 22.7 Å². The summed E-state index contributed by atoms with van der Waals surface area (Å²) in [4.78, 5) is 27.7. The minimum Gasteiger partial charge on any atom is -0.339 e. The number of nitrogens with zero attached hydrogens (tertiary/aromatic N) is 2. The van der Waals surface area contributed by atoms with Crippen LogP contribution in [0.1, 0.15) is 36.5 Å². The van der Waals surface area contributed by atoms with E-state index in [9.17, 15) is 14.0 Å². The number of amides is 2. The predicted molar refractivity (Wildman–Crippen MR) is 86.1 cm³/mol. The third kappa shape index (κ3) is 4.06. The molecule has 0 unspecified atom stereocenters. The second kappa shape index (κ2) is 7.72. The first kappa shape index (κ1) is 16.9. The van der Waals surface area contributed by atoms with Gasteiger partial charge in [-0.05, 0) is 24.6 Å². The van der Waals surface area contributed by atoms with Gasteiger partial charge in [0.05, 0.1) is 5.56 Å². The summed E-state index contributed by atoms with van der Waals surface area (Å²) in [5.74, 6) is -0.698. The molecule has 0 spiro atoms. The lowest BCUT2D eigenvalue weighted by atomic mass is 10.1. The van der Waals surface area contributed by atoms with Crippen LogP contribution in [0.3, 0.4) is 0 Å². The average Bonchev–Trinajstić information content (AvgIpc) is 2.54. The van der Waals surface area contributed by atoms with Gasteiger partial charge in [0.25, 0.3) is 5.91 Å². The molecule has 1 heterocycles. The number of rotatable bonds is 4. The van der Waals surface area contributed by atoms with Crippen LogP contribution >= 0.6 is 15.9 Å². The molecule has 0 radical (unpaired) electrons. The minimum absolute atomic E-state index is 0.0696. The topological polar surface area (TPSA) is 40.6 Å². The maximum absolute atomic E-state index is 13.8. The summed E-state index contributed by atoms with van der Waals surface area (Å²) in [6.45, 7) is 3.98. The zero-order chi connectivity index (χ0) is 16.1. The third-order valence-corrected chi connectivity index (χ3v) is 4.32. The van der Waals surface area contributed by atoms with E-state index in [1.165, 1.54) is 12.1 Å². The highest BCUT2D eigenvalue weighted by Crippen LogP contribution is 2.18. The molecule has 1 aliphatic heterocycles. The quantitative estimate of drug-likeness (QED) is 0.816. The van der Waals surface area contributed by atoms with E-state index in [1.807, 2.05) is 0 Å². The van der Waals surface area contributed by atoms with E-state index in [4.69, 9.17) is 0 Å². The number of unbranched alkanes of at least 4 members (excludes halogenated alkanes) is 1. The molecule has 0 saturated carbocycles. The van der Waals surface area contributed by atoms with Crippen molar-refractivity contribution >= 4 is 27.7 Å². The zero-order valence-corrected chi connectivity index (χ0v) is 14.2. The first-order chi connectivity index (χ1) is 10.5. The molecule has 0 aliphatic carbocycles. The Morgan fingerprint density at radius 1 is 1.18 bits per heavy atom. The van der Waals surface area contributed by atoms with E-state index in [0.717, 1.165) is 12.8 Å². The molecule has 22 heavy (non-hydrogen) atoms. The predicted octanol–water partition coefficient (Wildman–Crippen LogP) is 3.06. The Bertz CT molecular complexity index is 557. The van der Waals surface area contributed by atoms with Crippen LogP contribution in [-0.4, -0.2) is 47.8 Å². The molecule has 1 saturated heterocycles. The van der Waals surface area contributed by atoms with Crippen LogP contribution in [0.2, 0.25) is 0 Å². The normalized spacial score (nSPS) is 15.0. The third-order valence-electron chi connectivity index (χ3n) is 3.82. The molecule has 0 aromatic heterocycles. The minimum atomic E-state index is -0.519. The molecule has 1 aromatic carbocycles. The fourth-order valence-electron chi connectivity index (χ4n) is 2.48. The van der Waals surface area contributed by atoms with Crippen LogP contribution in [0.4, 0.5) is 4.39 Å². The van der Waals surface area contributed by atoms with Crippen molar-refractivity contribution in [2.75, 3.05) is 26.2 Å². The van der Waals surface area contributed by atoms with E-state index in [0.29, 0.717) is 37.1 Å². The van der Waals surface area contributed by atoms with Crippen LogP contribution in [0, 0.1) is 5.82 Å². The SMILES string of the molecule is CCCCC(=O)N1CCN(C(=O)c2cc(Br)ccc2F)CC1. The van der Waals surface area contributed by atoms with Gasteiger partial charge in [0, 0.05) is 37.1 Å².